The van der Waals surface area contributed by atoms with Gasteiger partial charge in [-0.05, 0) is 23.3 Å². The molecule has 0 aliphatic carbocycles. The van der Waals surface area contributed by atoms with Gasteiger partial charge < -0.3 is 19.7 Å². The van der Waals surface area contributed by atoms with Crippen LogP contribution in [0.4, 0.5) is 0 Å². The summed E-state index contributed by atoms with van der Waals surface area (Å²) in [6, 6.07) is 13.0. The summed E-state index contributed by atoms with van der Waals surface area (Å²) >= 11 is 0. The summed E-state index contributed by atoms with van der Waals surface area (Å²) in [6.07, 6.45) is 0. The molecule has 0 radical (unpaired) electrons. The highest BCUT2D eigenvalue weighted by molar-refractivity contribution is 5.92. The van der Waals surface area contributed by atoms with Crippen molar-refractivity contribution in [1.82, 2.24) is 0 Å². The van der Waals surface area contributed by atoms with E-state index in [0.29, 0.717) is 11.1 Å². The molecule has 0 spiro atoms. The third-order valence-corrected chi connectivity index (χ3v) is 4.13. The van der Waals surface area contributed by atoms with E-state index in [1.807, 2.05) is 0 Å². The van der Waals surface area contributed by atoms with Crippen LogP contribution < -0.4 is 0 Å². The molecule has 0 atom stereocenters. The zero-order valence-electron chi connectivity index (χ0n) is 14.1. The van der Waals surface area contributed by atoms with Crippen molar-refractivity contribution in [2.75, 3.05) is 27.4 Å². The van der Waals surface area contributed by atoms with E-state index in [4.69, 9.17) is 9.47 Å². The fraction of sp³-hybridized carbons (Fsp3) is 0.263. The number of hydrogen-bond donors (Lipinski definition) is 2. The Labute approximate surface area is 145 Å². The monoisotopic (exact) mass is 344 g/mol. The van der Waals surface area contributed by atoms with Crippen molar-refractivity contribution in [2.45, 2.75) is 5.41 Å². The van der Waals surface area contributed by atoms with Gasteiger partial charge in [0.25, 0.3) is 0 Å². The molecule has 0 heterocycles. The van der Waals surface area contributed by atoms with E-state index in [0.717, 1.165) is 0 Å². The molecule has 0 bridgehead atoms. The second-order valence-electron chi connectivity index (χ2n) is 5.65. The summed E-state index contributed by atoms with van der Waals surface area (Å²) in [4.78, 5) is 23.5. The van der Waals surface area contributed by atoms with Gasteiger partial charge in [0.1, 0.15) is 0 Å². The lowest BCUT2D eigenvalue weighted by atomic mass is 9.72. The first-order valence-corrected chi connectivity index (χ1v) is 7.61. The first-order chi connectivity index (χ1) is 12.0. The maximum atomic E-state index is 11.7. The Morgan fingerprint density at radius 2 is 1.16 bits per heavy atom. The predicted molar refractivity (Wildman–Crippen MR) is 91.3 cm³/mol. The van der Waals surface area contributed by atoms with Crippen LogP contribution in [0, 0.1) is 0 Å². The molecule has 6 nitrogen and oxygen atoms in total. The summed E-state index contributed by atoms with van der Waals surface area (Å²) in [7, 11) is 2.97. The highest BCUT2D eigenvalue weighted by Gasteiger charge is 2.40. The molecule has 25 heavy (non-hydrogen) atoms. The van der Waals surface area contributed by atoms with Crippen molar-refractivity contribution in [3.63, 3.8) is 0 Å². The SMILES string of the molecule is COCC(COC)(c1ccccc1C(=O)O)c1ccccc1C(=O)O. The lowest BCUT2D eigenvalue weighted by Crippen LogP contribution is -2.40. The van der Waals surface area contributed by atoms with E-state index in [9.17, 15) is 19.8 Å². The van der Waals surface area contributed by atoms with Crippen LogP contribution in [-0.2, 0) is 14.9 Å². The fourth-order valence-corrected chi connectivity index (χ4v) is 3.16. The summed E-state index contributed by atoms with van der Waals surface area (Å²) < 4.78 is 10.7. The lowest BCUT2D eigenvalue weighted by molar-refractivity contribution is 0.0654. The third-order valence-electron chi connectivity index (χ3n) is 4.13. The Morgan fingerprint density at radius 1 is 0.800 bits per heavy atom. The zero-order chi connectivity index (χ0) is 18.4. The van der Waals surface area contributed by atoms with E-state index in [2.05, 4.69) is 0 Å². The van der Waals surface area contributed by atoms with Gasteiger partial charge in [-0.25, -0.2) is 9.59 Å². The molecule has 2 rings (SSSR count). The molecule has 6 heteroatoms. The van der Waals surface area contributed by atoms with Crippen molar-refractivity contribution in [1.29, 1.82) is 0 Å². The number of aromatic carboxylic acids is 2. The first-order valence-electron chi connectivity index (χ1n) is 7.61. The Balaban J connectivity index is 2.85. The van der Waals surface area contributed by atoms with Crippen LogP contribution in [0.25, 0.3) is 0 Å². The van der Waals surface area contributed by atoms with Crippen molar-refractivity contribution in [2.24, 2.45) is 0 Å². The highest BCUT2D eigenvalue weighted by Crippen LogP contribution is 2.37. The second kappa shape index (κ2) is 7.92. The number of methoxy groups -OCH3 is 2. The van der Waals surface area contributed by atoms with Crippen LogP contribution in [0.5, 0.6) is 0 Å². The van der Waals surface area contributed by atoms with Gasteiger partial charge in [0.15, 0.2) is 0 Å². The molecule has 2 aromatic rings. The van der Waals surface area contributed by atoms with Crippen LogP contribution in [0.3, 0.4) is 0 Å². The minimum atomic E-state index is -1.10. The largest absolute Gasteiger partial charge is 0.478 e. The number of carbonyl (C=O) groups is 2. The quantitative estimate of drug-likeness (QED) is 0.765. The molecule has 0 amide bonds. The summed E-state index contributed by atoms with van der Waals surface area (Å²) in [5, 5.41) is 19.2. The average Bonchev–Trinajstić information content (AvgIpc) is 2.61. The standard InChI is InChI=1S/C19H20O6/c1-24-11-19(12-25-2,15-9-5-3-7-13(15)17(20)21)16-10-6-4-8-14(16)18(22)23/h3-10H,11-12H2,1-2H3,(H,20,21)(H,22,23). The van der Waals surface area contributed by atoms with Gasteiger partial charge in [-0.3, -0.25) is 0 Å². The van der Waals surface area contributed by atoms with Crippen molar-refractivity contribution >= 4 is 11.9 Å². The maximum Gasteiger partial charge on any atom is 0.335 e. The van der Waals surface area contributed by atoms with Crippen LogP contribution in [0.1, 0.15) is 31.8 Å². The molecule has 2 aromatic carbocycles. The molecule has 2 N–H and O–H groups in total. The highest BCUT2D eigenvalue weighted by atomic mass is 16.5. The number of ether oxygens (including phenoxy) is 2. The van der Waals surface area contributed by atoms with Gasteiger partial charge >= 0.3 is 11.9 Å². The number of carboxylic acids is 2. The number of carboxylic acid groups (broad SMARTS) is 2. The summed E-state index contributed by atoms with van der Waals surface area (Å²) in [6.45, 7) is 0.130. The van der Waals surface area contributed by atoms with Crippen LogP contribution in [0.2, 0.25) is 0 Å². The molecule has 0 fully saturated rings. The Kier molecular flexibility index (Phi) is 5.90. The molecule has 0 saturated heterocycles. The molecule has 0 unspecified atom stereocenters. The van der Waals surface area contributed by atoms with Gasteiger partial charge in [-0.15, -0.1) is 0 Å². The number of rotatable bonds is 8. The van der Waals surface area contributed by atoms with Gasteiger partial charge in [-0.2, -0.15) is 0 Å². The fourth-order valence-electron chi connectivity index (χ4n) is 3.16. The maximum absolute atomic E-state index is 11.7. The number of hydrogen-bond acceptors (Lipinski definition) is 4. The molecule has 0 aliphatic rings. The molecule has 132 valence electrons. The van der Waals surface area contributed by atoms with Crippen molar-refractivity contribution in [3.8, 4) is 0 Å². The second-order valence-corrected chi connectivity index (χ2v) is 5.65. The Morgan fingerprint density at radius 3 is 1.48 bits per heavy atom. The minimum Gasteiger partial charge on any atom is -0.478 e. The van der Waals surface area contributed by atoms with E-state index in [1.54, 1.807) is 36.4 Å². The van der Waals surface area contributed by atoms with E-state index >= 15 is 0 Å². The summed E-state index contributed by atoms with van der Waals surface area (Å²) in [5.41, 5.74) is -0.0265. The predicted octanol–water partition coefficient (Wildman–Crippen LogP) is 2.66. The molecular weight excluding hydrogens is 324 g/mol. The van der Waals surface area contributed by atoms with E-state index in [1.165, 1.54) is 26.4 Å². The van der Waals surface area contributed by atoms with Crippen LogP contribution in [-0.4, -0.2) is 49.6 Å². The van der Waals surface area contributed by atoms with Gasteiger partial charge in [0.2, 0.25) is 0 Å². The third kappa shape index (κ3) is 3.55. The summed E-state index contributed by atoms with van der Waals surface area (Å²) in [5.74, 6) is -2.19. The molecular formula is C19H20O6. The topological polar surface area (TPSA) is 93.1 Å². The van der Waals surface area contributed by atoms with Crippen molar-refractivity contribution < 1.29 is 29.3 Å². The van der Waals surface area contributed by atoms with Gasteiger partial charge in [0.05, 0.1) is 29.8 Å². The minimum absolute atomic E-state index is 0.0649. The van der Waals surface area contributed by atoms with Gasteiger partial charge in [-0.1, -0.05) is 36.4 Å². The lowest BCUT2D eigenvalue weighted by Gasteiger charge is -2.35. The molecule has 0 aromatic heterocycles. The molecule has 0 saturated carbocycles. The first kappa shape index (κ1) is 18.6. The zero-order valence-corrected chi connectivity index (χ0v) is 14.1. The normalized spacial score (nSPS) is 11.3. The van der Waals surface area contributed by atoms with Crippen LogP contribution >= 0.6 is 0 Å². The van der Waals surface area contributed by atoms with Gasteiger partial charge in [0, 0.05) is 14.2 Å². The van der Waals surface area contributed by atoms with E-state index < -0.39 is 17.4 Å². The Hall–Kier alpha value is -2.70. The smallest absolute Gasteiger partial charge is 0.335 e. The average molecular weight is 344 g/mol. The van der Waals surface area contributed by atoms with Crippen LogP contribution in [0.15, 0.2) is 48.5 Å². The Bertz CT molecular complexity index is 703. The molecule has 0 aliphatic heterocycles. The van der Waals surface area contributed by atoms with Crippen molar-refractivity contribution in [3.05, 3.63) is 70.8 Å². The number of benzene rings is 2. The van der Waals surface area contributed by atoms with E-state index in [-0.39, 0.29) is 24.3 Å².